The van der Waals surface area contributed by atoms with E-state index in [0.29, 0.717) is 6.61 Å². The van der Waals surface area contributed by atoms with Crippen molar-refractivity contribution in [3.63, 3.8) is 0 Å². The molecule has 2 N–H and O–H groups in total. The van der Waals surface area contributed by atoms with Crippen LogP contribution in [0.2, 0.25) is 0 Å². The predicted molar refractivity (Wildman–Crippen MR) is 80.1 cm³/mol. The minimum atomic E-state index is -1.27. The number of aryl methyl sites for hydroxylation is 2. The summed E-state index contributed by atoms with van der Waals surface area (Å²) in [6, 6.07) is 3.79. The largest absolute Gasteiger partial charge is 0.361 e. The highest BCUT2D eigenvalue weighted by atomic mass is 79.9. The quantitative estimate of drug-likeness (QED) is 0.833. The van der Waals surface area contributed by atoms with Crippen molar-refractivity contribution in [3.05, 3.63) is 33.3 Å². The molecule has 2 unspecified atom stereocenters. The van der Waals surface area contributed by atoms with Crippen LogP contribution in [0.5, 0.6) is 0 Å². The van der Waals surface area contributed by atoms with Gasteiger partial charge in [0, 0.05) is 15.6 Å². The molecule has 1 fully saturated rings. The Labute approximate surface area is 123 Å². The molecule has 0 aromatic heterocycles. The molecule has 0 amide bonds. The number of hydrogen-bond donors (Lipinski definition) is 2. The molecular formula is C15H22BrNO2. The molecule has 1 aliphatic rings. The Balaban J connectivity index is 2.41. The van der Waals surface area contributed by atoms with Crippen LogP contribution >= 0.6 is 15.9 Å². The van der Waals surface area contributed by atoms with E-state index in [0.717, 1.165) is 21.2 Å². The zero-order valence-electron chi connectivity index (χ0n) is 12.2. The minimum absolute atomic E-state index is 0.120. The fourth-order valence-corrected chi connectivity index (χ4v) is 2.86. The maximum absolute atomic E-state index is 10.9. The van der Waals surface area contributed by atoms with E-state index in [1.807, 2.05) is 32.9 Å². The molecule has 1 aromatic carbocycles. The van der Waals surface area contributed by atoms with Crippen LogP contribution in [0.1, 0.15) is 37.5 Å². The van der Waals surface area contributed by atoms with Crippen molar-refractivity contribution in [3.8, 4) is 0 Å². The van der Waals surface area contributed by atoms with E-state index in [-0.39, 0.29) is 11.6 Å². The highest BCUT2D eigenvalue weighted by Crippen LogP contribution is 2.35. The molecule has 1 aromatic rings. The molecule has 1 heterocycles. The van der Waals surface area contributed by atoms with Gasteiger partial charge in [-0.1, -0.05) is 15.9 Å². The van der Waals surface area contributed by atoms with Gasteiger partial charge < -0.3 is 15.2 Å². The lowest BCUT2D eigenvalue weighted by Gasteiger charge is -2.46. The van der Waals surface area contributed by atoms with Gasteiger partial charge in [0.25, 0.3) is 0 Å². The summed E-state index contributed by atoms with van der Waals surface area (Å²) in [6.45, 7) is 10.6. The van der Waals surface area contributed by atoms with Gasteiger partial charge in [0.1, 0.15) is 0 Å². The molecule has 106 valence electrons. The summed E-state index contributed by atoms with van der Waals surface area (Å²) < 4.78 is 6.89. The lowest BCUT2D eigenvalue weighted by Crippen LogP contribution is -2.63. The van der Waals surface area contributed by atoms with Gasteiger partial charge in [0.2, 0.25) is 5.79 Å². The summed E-state index contributed by atoms with van der Waals surface area (Å²) >= 11 is 3.55. The van der Waals surface area contributed by atoms with E-state index in [1.165, 1.54) is 0 Å². The maximum Gasteiger partial charge on any atom is 0.208 e. The van der Waals surface area contributed by atoms with Crippen molar-refractivity contribution in [2.24, 2.45) is 0 Å². The number of halogens is 1. The van der Waals surface area contributed by atoms with E-state index in [4.69, 9.17) is 4.74 Å². The van der Waals surface area contributed by atoms with E-state index >= 15 is 0 Å². The first-order chi connectivity index (χ1) is 8.66. The summed E-state index contributed by atoms with van der Waals surface area (Å²) in [5.74, 6) is -1.27. The maximum atomic E-state index is 10.9. The Morgan fingerprint density at radius 1 is 1.32 bits per heavy atom. The summed E-state index contributed by atoms with van der Waals surface area (Å²) in [4.78, 5) is 0. The van der Waals surface area contributed by atoms with Crippen molar-refractivity contribution >= 4 is 15.9 Å². The van der Waals surface area contributed by atoms with Crippen LogP contribution in [0.3, 0.4) is 0 Å². The van der Waals surface area contributed by atoms with Crippen LogP contribution in [0.15, 0.2) is 16.6 Å². The number of nitrogens with one attached hydrogen (secondary N) is 1. The van der Waals surface area contributed by atoms with Crippen LogP contribution in [0, 0.1) is 13.8 Å². The number of ether oxygens (including phenoxy) is 1. The number of benzene rings is 1. The van der Waals surface area contributed by atoms with Gasteiger partial charge in [-0.3, -0.25) is 0 Å². The molecule has 0 radical (unpaired) electrons. The van der Waals surface area contributed by atoms with Crippen LogP contribution in [0.4, 0.5) is 0 Å². The SMILES string of the molecule is Cc1cc(C2(O)OCC(C)(C)NC2C)cc(C)c1Br. The molecule has 2 rings (SSSR count). The second kappa shape index (κ2) is 4.85. The third-order valence-corrected chi connectivity index (χ3v) is 4.95. The van der Waals surface area contributed by atoms with Gasteiger partial charge in [-0.25, -0.2) is 0 Å². The standard InChI is InChI=1S/C15H22BrNO2/c1-9-6-12(7-10(2)13(9)16)15(18)11(3)17-14(4,5)8-19-15/h6-7,11,17-18H,8H2,1-5H3. The average molecular weight is 328 g/mol. The lowest BCUT2D eigenvalue weighted by molar-refractivity contribution is -0.263. The van der Waals surface area contributed by atoms with Crippen molar-refractivity contribution in [2.45, 2.75) is 52.0 Å². The average Bonchev–Trinajstić information content (AvgIpc) is 2.30. The molecule has 0 spiro atoms. The van der Waals surface area contributed by atoms with Gasteiger partial charge in [0.15, 0.2) is 0 Å². The molecule has 19 heavy (non-hydrogen) atoms. The first-order valence-electron chi connectivity index (χ1n) is 6.57. The molecule has 3 nitrogen and oxygen atoms in total. The highest BCUT2D eigenvalue weighted by Gasteiger charge is 2.45. The van der Waals surface area contributed by atoms with E-state index in [1.54, 1.807) is 0 Å². The van der Waals surface area contributed by atoms with Gasteiger partial charge in [-0.15, -0.1) is 0 Å². The van der Waals surface area contributed by atoms with Gasteiger partial charge in [-0.05, 0) is 57.9 Å². The molecule has 1 aliphatic heterocycles. The normalized spacial score (nSPS) is 30.4. The summed E-state index contributed by atoms with van der Waals surface area (Å²) in [7, 11) is 0. The third-order valence-electron chi connectivity index (χ3n) is 3.70. The number of hydrogen-bond acceptors (Lipinski definition) is 3. The third kappa shape index (κ3) is 2.72. The zero-order chi connectivity index (χ0) is 14.4. The van der Waals surface area contributed by atoms with Crippen molar-refractivity contribution in [1.82, 2.24) is 5.32 Å². The molecule has 2 atom stereocenters. The second-order valence-corrected chi connectivity index (χ2v) is 6.95. The monoisotopic (exact) mass is 327 g/mol. The Kier molecular flexibility index (Phi) is 3.82. The van der Waals surface area contributed by atoms with Crippen LogP contribution in [-0.4, -0.2) is 23.3 Å². The Morgan fingerprint density at radius 2 is 1.84 bits per heavy atom. The smallest absolute Gasteiger partial charge is 0.208 e. The van der Waals surface area contributed by atoms with Crippen LogP contribution in [0.25, 0.3) is 0 Å². The van der Waals surface area contributed by atoms with Gasteiger partial charge >= 0.3 is 0 Å². The lowest BCUT2D eigenvalue weighted by atomic mass is 9.91. The molecule has 0 saturated carbocycles. The summed E-state index contributed by atoms with van der Waals surface area (Å²) in [5.41, 5.74) is 2.89. The van der Waals surface area contributed by atoms with Crippen molar-refractivity contribution in [1.29, 1.82) is 0 Å². The summed E-state index contributed by atoms with van der Waals surface area (Å²) in [5, 5.41) is 14.3. The van der Waals surface area contributed by atoms with Crippen molar-refractivity contribution < 1.29 is 9.84 Å². The molecular weight excluding hydrogens is 306 g/mol. The molecule has 0 bridgehead atoms. The predicted octanol–water partition coefficient (Wildman–Crippen LogP) is 3.00. The van der Waals surface area contributed by atoms with Gasteiger partial charge in [-0.2, -0.15) is 0 Å². The molecule has 4 heteroatoms. The van der Waals surface area contributed by atoms with E-state index < -0.39 is 5.79 Å². The Bertz CT molecular complexity index is 478. The number of rotatable bonds is 1. The fraction of sp³-hybridized carbons (Fsp3) is 0.600. The summed E-state index contributed by atoms with van der Waals surface area (Å²) in [6.07, 6.45) is 0. The first kappa shape index (κ1) is 15.0. The molecule has 0 aliphatic carbocycles. The number of morpholine rings is 1. The van der Waals surface area contributed by atoms with Gasteiger partial charge in [0.05, 0.1) is 12.6 Å². The first-order valence-corrected chi connectivity index (χ1v) is 7.36. The van der Waals surface area contributed by atoms with Crippen LogP contribution < -0.4 is 5.32 Å². The molecule has 1 saturated heterocycles. The Hall–Kier alpha value is -0.420. The zero-order valence-corrected chi connectivity index (χ0v) is 13.8. The van der Waals surface area contributed by atoms with E-state index in [2.05, 4.69) is 35.1 Å². The topological polar surface area (TPSA) is 41.5 Å². The minimum Gasteiger partial charge on any atom is -0.361 e. The second-order valence-electron chi connectivity index (χ2n) is 6.16. The highest BCUT2D eigenvalue weighted by molar-refractivity contribution is 9.10. The van der Waals surface area contributed by atoms with Crippen LogP contribution in [-0.2, 0) is 10.5 Å². The number of aliphatic hydroxyl groups is 1. The van der Waals surface area contributed by atoms with E-state index in [9.17, 15) is 5.11 Å². The Morgan fingerprint density at radius 3 is 2.32 bits per heavy atom. The van der Waals surface area contributed by atoms with Crippen molar-refractivity contribution in [2.75, 3.05) is 6.61 Å². The fourth-order valence-electron chi connectivity index (χ4n) is 2.63.